The van der Waals surface area contributed by atoms with E-state index in [9.17, 15) is 63.6 Å². The van der Waals surface area contributed by atoms with Crippen molar-refractivity contribution in [2.45, 2.75) is 109 Å². The topological polar surface area (TPSA) is 353 Å². The SMILES string of the molecule is CC(C)C[C@H](NC(=O)[C@H](CO)NC(=O)[C@H](CCC(=O)O)NC(=O)[C@H](C)NC(=O)[C@H](CCC(=O)O)NC(=O)[C@H](C)N)C(=O)N[C@@H](Cc1ccc(O)cc1)C(=O)O. The van der Waals surface area contributed by atoms with Crippen molar-refractivity contribution in [3.05, 3.63) is 29.8 Å². The van der Waals surface area contributed by atoms with Crippen molar-refractivity contribution < 1.29 is 68.7 Å². The van der Waals surface area contributed by atoms with Crippen LogP contribution in [0.2, 0.25) is 0 Å². The van der Waals surface area contributed by atoms with Crippen LogP contribution in [0.4, 0.5) is 0 Å². The summed E-state index contributed by atoms with van der Waals surface area (Å²) >= 11 is 0. The van der Waals surface area contributed by atoms with E-state index in [2.05, 4.69) is 31.9 Å². The van der Waals surface area contributed by atoms with Crippen LogP contribution in [-0.2, 0) is 49.6 Å². The number of aliphatic carboxylic acids is 3. The Morgan fingerprint density at radius 1 is 0.582 bits per heavy atom. The summed E-state index contributed by atoms with van der Waals surface area (Å²) in [6, 6.07) is -4.44. The van der Waals surface area contributed by atoms with Gasteiger partial charge in [-0.25, -0.2) is 4.79 Å². The van der Waals surface area contributed by atoms with Gasteiger partial charge in [0.2, 0.25) is 35.4 Å². The summed E-state index contributed by atoms with van der Waals surface area (Å²) < 4.78 is 0. The number of aliphatic hydroxyl groups is 1. The molecular formula is C34H51N7O14. The van der Waals surface area contributed by atoms with Crippen LogP contribution in [0.1, 0.15) is 65.4 Å². The molecule has 21 nitrogen and oxygen atoms in total. The van der Waals surface area contributed by atoms with Crippen LogP contribution < -0.4 is 37.6 Å². The molecule has 1 aromatic carbocycles. The standard InChI is InChI=1S/C34H51N7O14/c1-16(2)13-23(32(52)40-24(34(54)55)14-19-5-7-20(43)8-6-19)39-33(53)25(15-42)41-31(51)22(10-12-27(46)47)38-29(49)18(4)36-30(50)21(9-11-26(44)45)37-28(48)17(3)35/h5-8,16-18,21-25,42-43H,9-15,35H2,1-4H3,(H,36,50)(H,37,48)(H,38,49)(H,39,53)(H,40,52)(H,41,51)(H,44,45)(H,46,47)(H,54,55)/t17-,18-,21-,22-,23-,24-,25-/m0/s1. The molecule has 0 radical (unpaired) electrons. The molecule has 21 heteroatoms. The lowest BCUT2D eigenvalue weighted by molar-refractivity contribution is -0.142. The number of carboxylic acid groups (broad SMARTS) is 3. The second-order valence-electron chi connectivity index (χ2n) is 13.2. The van der Waals surface area contributed by atoms with Crippen LogP contribution in [0.15, 0.2) is 24.3 Å². The van der Waals surface area contributed by atoms with Gasteiger partial charge in [0.05, 0.1) is 12.6 Å². The Hall–Kier alpha value is -5.83. The average molecular weight is 782 g/mol. The molecule has 1 rings (SSSR count). The lowest BCUT2D eigenvalue weighted by Crippen LogP contribution is -2.60. The van der Waals surface area contributed by atoms with E-state index in [0.29, 0.717) is 5.56 Å². The van der Waals surface area contributed by atoms with E-state index in [0.717, 1.165) is 0 Å². The lowest BCUT2D eigenvalue weighted by Gasteiger charge is -2.26. The van der Waals surface area contributed by atoms with Gasteiger partial charge in [-0.05, 0) is 56.7 Å². The van der Waals surface area contributed by atoms with Gasteiger partial charge in [-0.2, -0.15) is 0 Å². The van der Waals surface area contributed by atoms with E-state index >= 15 is 0 Å². The molecule has 306 valence electrons. The molecule has 0 bridgehead atoms. The summed E-state index contributed by atoms with van der Waals surface area (Å²) in [6.45, 7) is 4.92. The zero-order chi connectivity index (χ0) is 42.0. The van der Waals surface area contributed by atoms with E-state index < -0.39 is 122 Å². The first-order chi connectivity index (χ1) is 25.6. The van der Waals surface area contributed by atoms with Crippen LogP contribution in [0.5, 0.6) is 5.75 Å². The number of nitrogens with one attached hydrogen (secondary N) is 6. The zero-order valence-corrected chi connectivity index (χ0v) is 30.9. The third-order valence-corrected chi connectivity index (χ3v) is 7.87. The van der Waals surface area contributed by atoms with Crippen molar-refractivity contribution in [3.8, 4) is 5.75 Å². The lowest BCUT2D eigenvalue weighted by atomic mass is 10.0. The zero-order valence-electron chi connectivity index (χ0n) is 30.9. The molecule has 55 heavy (non-hydrogen) atoms. The second kappa shape index (κ2) is 23.1. The molecule has 0 aliphatic carbocycles. The largest absolute Gasteiger partial charge is 0.508 e. The van der Waals surface area contributed by atoms with Crippen LogP contribution in [0.25, 0.3) is 0 Å². The molecule has 13 N–H and O–H groups in total. The smallest absolute Gasteiger partial charge is 0.326 e. The van der Waals surface area contributed by atoms with Gasteiger partial charge in [0.1, 0.15) is 42.0 Å². The molecule has 0 saturated heterocycles. The molecule has 0 aliphatic rings. The summed E-state index contributed by atoms with van der Waals surface area (Å²) in [4.78, 5) is 112. The number of hydrogen-bond donors (Lipinski definition) is 12. The Kier molecular flexibility index (Phi) is 19.8. The highest BCUT2D eigenvalue weighted by atomic mass is 16.4. The highest BCUT2D eigenvalue weighted by Crippen LogP contribution is 2.13. The van der Waals surface area contributed by atoms with E-state index in [1.807, 2.05) is 0 Å². The Morgan fingerprint density at radius 3 is 1.45 bits per heavy atom. The Bertz CT molecular complexity index is 1540. The second-order valence-corrected chi connectivity index (χ2v) is 13.2. The van der Waals surface area contributed by atoms with E-state index in [4.69, 9.17) is 10.8 Å². The minimum atomic E-state index is -1.74. The van der Waals surface area contributed by atoms with Crippen molar-refractivity contribution >= 4 is 53.4 Å². The number of carboxylic acids is 3. The highest BCUT2D eigenvalue weighted by molar-refractivity contribution is 5.97. The van der Waals surface area contributed by atoms with Crippen LogP contribution in [-0.4, -0.2) is 128 Å². The molecule has 1 aromatic rings. The van der Waals surface area contributed by atoms with Crippen LogP contribution in [0, 0.1) is 5.92 Å². The maximum absolute atomic E-state index is 13.3. The Balaban J connectivity index is 3.10. The first kappa shape index (κ1) is 47.2. The van der Waals surface area contributed by atoms with Gasteiger partial charge in [-0.1, -0.05) is 26.0 Å². The number of carbonyl (C=O) groups excluding carboxylic acids is 6. The van der Waals surface area contributed by atoms with Crippen molar-refractivity contribution in [1.82, 2.24) is 31.9 Å². The Morgan fingerprint density at radius 2 is 1.00 bits per heavy atom. The van der Waals surface area contributed by atoms with Gasteiger partial charge < -0.3 is 63.2 Å². The van der Waals surface area contributed by atoms with Crippen LogP contribution >= 0.6 is 0 Å². The van der Waals surface area contributed by atoms with Gasteiger partial charge in [0.15, 0.2) is 0 Å². The number of aliphatic hydroxyl groups excluding tert-OH is 1. The van der Waals surface area contributed by atoms with Crippen molar-refractivity contribution in [2.75, 3.05) is 6.61 Å². The highest BCUT2D eigenvalue weighted by Gasteiger charge is 2.33. The molecule has 0 aromatic heterocycles. The minimum Gasteiger partial charge on any atom is -0.508 e. The molecule has 0 spiro atoms. The molecule has 0 heterocycles. The quantitative estimate of drug-likeness (QED) is 0.0499. The molecular weight excluding hydrogens is 730 g/mol. The normalized spacial score (nSPS) is 14.7. The molecule has 0 aliphatic heterocycles. The summed E-state index contributed by atoms with van der Waals surface area (Å²) in [7, 11) is 0. The first-order valence-corrected chi connectivity index (χ1v) is 17.3. The summed E-state index contributed by atoms with van der Waals surface area (Å²) in [5.74, 6) is -10.1. The summed E-state index contributed by atoms with van der Waals surface area (Å²) in [5, 5.41) is 61.2. The predicted molar refractivity (Wildman–Crippen MR) is 191 cm³/mol. The number of rotatable bonds is 24. The van der Waals surface area contributed by atoms with Crippen molar-refractivity contribution in [2.24, 2.45) is 11.7 Å². The molecule has 6 amide bonds. The Labute approximate surface area is 316 Å². The van der Waals surface area contributed by atoms with Gasteiger partial charge in [0, 0.05) is 19.3 Å². The summed E-state index contributed by atoms with van der Waals surface area (Å²) in [6.07, 6.45) is -2.22. The predicted octanol–water partition coefficient (Wildman–Crippen LogP) is -2.94. The average Bonchev–Trinajstić information content (AvgIpc) is 3.09. The van der Waals surface area contributed by atoms with Gasteiger partial charge in [-0.15, -0.1) is 0 Å². The van der Waals surface area contributed by atoms with E-state index in [-0.39, 0.29) is 30.9 Å². The number of phenolic OH excluding ortho intramolecular Hbond substituents is 1. The number of nitrogens with two attached hydrogens (primary N) is 1. The number of benzene rings is 1. The van der Waals surface area contributed by atoms with Gasteiger partial charge in [-0.3, -0.25) is 38.4 Å². The van der Waals surface area contributed by atoms with Crippen molar-refractivity contribution in [3.63, 3.8) is 0 Å². The third kappa shape index (κ3) is 17.7. The molecule has 0 fully saturated rings. The molecule has 0 unspecified atom stereocenters. The van der Waals surface area contributed by atoms with Gasteiger partial charge in [0.25, 0.3) is 0 Å². The maximum Gasteiger partial charge on any atom is 0.326 e. The first-order valence-electron chi connectivity index (χ1n) is 17.3. The minimum absolute atomic E-state index is 0.00219. The fraction of sp³-hybridized carbons (Fsp3) is 0.559. The van der Waals surface area contributed by atoms with Gasteiger partial charge >= 0.3 is 17.9 Å². The monoisotopic (exact) mass is 781 g/mol. The van der Waals surface area contributed by atoms with E-state index in [1.54, 1.807) is 13.8 Å². The number of hydrogen-bond acceptors (Lipinski definition) is 12. The number of amides is 6. The number of carbonyl (C=O) groups is 9. The van der Waals surface area contributed by atoms with E-state index in [1.165, 1.54) is 38.1 Å². The maximum atomic E-state index is 13.3. The van der Waals surface area contributed by atoms with Crippen LogP contribution in [0.3, 0.4) is 0 Å². The number of aromatic hydroxyl groups is 1. The summed E-state index contributed by atoms with van der Waals surface area (Å²) in [5.41, 5.74) is 5.98. The number of phenols is 1. The molecule has 0 saturated carbocycles. The van der Waals surface area contributed by atoms with Crippen molar-refractivity contribution in [1.29, 1.82) is 0 Å². The fourth-order valence-electron chi connectivity index (χ4n) is 4.83. The third-order valence-electron chi connectivity index (χ3n) is 7.87. The fourth-order valence-corrected chi connectivity index (χ4v) is 4.83. The molecule has 7 atom stereocenters.